The number of amides is 1. The van der Waals surface area contributed by atoms with Crippen molar-refractivity contribution in [1.29, 1.82) is 0 Å². The van der Waals surface area contributed by atoms with E-state index in [9.17, 15) is 9.59 Å². The van der Waals surface area contributed by atoms with Gasteiger partial charge in [0.15, 0.2) is 6.29 Å². The molecule has 132 valence electrons. The predicted octanol–water partition coefficient (Wildman–Crippen LogP) is 2.50. The van der Waals surface area contributed by atoms with E-state index in [1.54, 1.807) is 41.5 Å². The van der Waals surface area contributed by atoms with Crippen LogP contribution in [0.25, 0.3) is 0 Å². The normalized spacial score (nSPS) is 18.1. The highest BCUT2D eigenvalue weighted by atomic mass is 16.7. The number of hydrogen-bond donors (Lipinski definition) is 1. The summed E-state index contributed by atoms with van der Waals surface area (Å²) in [6, 6.07) is -0.151. The first-order valence-electron chi connectivity index (χ1n) is 8.04. The van der Waals surface area contributed by atoms with Crippen molar-refractivity contribution in [3.8, 4) is 0 Å². The molecule has 0 bridgehead atoms. The fourth-order valence-corrected chi connectivity index (χ4v) is 1.61. The molecule has 0 radical (unpaired) electrons. The third-order valence-electron chi connectivity index (χ3n) is 2.37. The number of rotatable bonds is 4. The van der Waals surface area contributed by atoms with E-state index in [0.717, 1.165) is 0 Å². The van der Waals surface area contributed by atoms with Crippen molar-refractivity contribution in [2.24, 2.45) is 0 Å². The number of nitrogens with one attached hydrogen (secondary N) is 1. The molecule has 1 aliphatic heterocycles. The average Bonchev–Trinajstić information content (AvgIpc) is 2.84. The van der Waals surface area contributed by atoms with Crippen molar-refractivity contribution in [2.75, 3.05) is 13.2 Å². The fraction of sp³-hybridized carbons (Fsp3) is 0.750. The van der Waals surface area contributed by atoms with Crippen molar-refractivity contribution < 1.29 is 29.9 Å². The maximum absolute atomic E-state index is 12.3. The highest BCUT2D eigenvalue weighted by molar-refractivity contribution is 5.92. The molecule has 1 fully saturated rings. The molecule has 1 amide bonds. The van der Waals surface area contributed by atoms with Crippen LogP contribution in [0.4, 0.5) is 4.79 Å². The first-order valence-corrected chi connectivity index (χ1v) is 7.54. The summed E-state index contributed by atoms with van der Waals surface area (Å²) in [6.45, 7) is 11.1. The zero-order chi connectivity index (χ0) is 18.5. The van der Waals surface area contributed by atoms with E-state index in [4.69, 9.17) is 20.3 Å². The number of alkyl carbamates (subject to hydrolysis) is 1. The minimum absolute atomic E-state index is 0.0182. The summed E-state index contributed by atoms with van der Waals surface area (Å²) in [5.74, 6) is -0.809. The summed E-state index contributed by atoms with van der Waals surface area (Å²) in [4.78, 5) is 24.3. The monoisotopic (exact) mass is 330 g/mol. The second-order valence-corrected chi connectivity index (χ2v) is 7.06. The van der Waals surface area contributed by atoms with E-state index >= 15 is 0 Å². The Labute approximate surface area is 138 Å². The van der Waals surface area contributed by atoms with E-state index in [2.05, 4.69) is 5.32 Å². The van der Waals surface area contributed by atoms with Crippen molar-refractivity contribution in [1.82, 2.24) is 5.32 Å². The van der Waals surface area contributed by atoms with Gasteiger partial charge in [-0.05, 0) is 47.6 Å². The summed E-state index contributed by atoms with van der Waals surface area (Å²) < 4.78 is 29.0. The Morgan fingerprint density at radius 3 is 2.13 bits per heavy atom. The Hall–Kier alpha value is -1.60. The van der Waals surface area contributed by atoms with Crippen LogP contribution >= 0.6 is 0 Å². The molecule has 1 saturated heterocycles. The van der Waals surface area contributed by atoms with Crippen LogP contribution in [0.3, 0.4) is 0 Å². The number of ether oxygens (including phenoxy) is 4. The molecule has 0 aromatic heterocycles. The zero-order valence-electron chi connectivity index (χ0n) is 15.6. The first kappa shape index (κ1) is 17.7. The molecule has 1 N–H and O–H groups in total. The summed E-state index contributed by atoms with van der Waals surface area (Å²) >= 11 is 0. The molecule has 0 saturated carbocycles. The van der Waals surface area contributed by atoms with Crippen LogP contribution in [-0.2, 0) is 23.7 Å². The SMILES string of the molecule is [2H]/C(CC1OCCO1)=C(/NC(=O)OC(C)(C)C)C(=O)OC(C)(C)C. The Balaban J connectivity index is 2.92. The molecule has 0 spiro atoms. The maximum atomic E-state index is 12.3. The highest BCUT2D eigenvalue weighted by Crippen LogP contribution is 2.14. The number of carbonyl (C=O) groups is 2. The van der Waals surface area contributed by atoms with Crippen LogP contribution in [0.1, 0.15) is 49.3 Å². The number of esters is 1. The van der Waals surface area contributed by atoms with Crippen LogP contribution in [0, 0.1) is 0 Å². The van der Waals surface area contributed by atoms with E-state index in [1.807, 2.05) is 0 Å². The molecule has 23 heavy (non-hydrogen) atoms. The van der Waals surface area contributed by atoms with Crippen LogP contribution in [0.15, 0.2) is 11.7 Å². The predicted molar refractivity (Wildman–Crippen MR) is 83.6 cm³/mol. The molecule has 0 unspecified atom stereocenters. The molecular weight excluding hydrogens is 302 g/mol. The molecule has 0 aromatic carbocycles. The van der Waals surface area contributed by atoms with Gasteiger partial charge in [-0.3, -0.25) is 5.32 Å². The van der Waals surface area contributed by atoms with Gasteiger partial charge >= 0.3 is 12.1 Å². The Bertz CT molecular complexity index is 498. The lowest BCUT2D eigenvalue weighted by Crippen LogP contribution is -2.36. The Morgan fingerprint density at radius 1 is 1.13 bits per heavy atom. The standard InChI is InChI=1S/C16H27NO6/c1-15(2,3)22-13(18)11(7-8-12-20-9-10-21-12)17-14(19)23-16(4,5)6/h7,12H,8-10H2,1-6H3,(H,17,19)/b11-7-/i7D. The van der Waals surface area contributed by atoms with Gasteiger partial charge in [0, 0.05) is 6.42 Å². The average molecular weight is 330 g/mol. The van der Waals surface area contributed by atoms with Gasteiger partial charge < -0.3 is 18.9 Å². The van der Waals surface area contributed by atoms with Crippen molar-refractivity contribution in [3.05, 3.63) is 11.7 Å². The van der Waals surface area contributed by atoms with E-state index < -0.39 is 29.6 Å². The van der Waals surface area contributed by atoms with Gasteiger partial charge in [-0.1, -0.05) is 0 Å². The lowest BCUT2D eigenvalue weighted by atomic mass is 10.2. The summed E-state index contributed by atoms with van der Waals surface area (Å²) in [5.41, 5.74) is -1.78. The lowest BCUT2D eigenvalue weighted by Gasteiger charge is -2.23. The third-order valence-corrected chi connectivity index (χ3v) is 2.37. The Kier molecular flexibility index (Phi) is 6.01. The van der Waals surface area contributed by atoms with Crippen LogP contribution in [-0.4, -0.2) is 42.8 Å². The van der Waals surface area contributed by atoms with Gasteiger partial charge in [0.05, 0.1) is 14.6 Å². The molecule has 7 nitrogen and oxygen atoms in total. The summed E-state index contributed by atoms with van der Waals surface area (Å²) in [6.07, 6.45) is -1.43. The van der Waals surface area contributed by atoms with Crippen molar-refractivity contribution in [3.63, 3.8) is 0 Å². The molecule has 7 heteroatoms. The molecule has 1 heterocycles. The molecule has 0 aliphatic carbocycles. The summed E-state index contributed by atoms with van der Waals surface area (Å²) in [5, 5.41) is 2.31. The second kappa shape index (κ2) is 7.79. The number of hydrogen-bond acceptors (Lipinski definition) is 6. The Morgan fingerprint density at radius 2 is 1.65 bits per heavy atom. The maximum Gasteiger partial charge on any atom is 0.412 e. The topological polar surface area (TPSA) is 83.1 Å². The van der Waals surface area contributed by atoms with E-state index in [1.165, 1.54) is 0 Å². The molecule has 0 aromatic rings. The zero-order valence-corrected chi connectivity index (χ0v) is 14.6. The van der Waals surface area contributed by atoms with E-state index in [0.29, 0.717) is 13.2 Å². The minimum atomic E-state index is -0.832. The summed E-state index contributed by atoms with van der Waals surface area (Å²) in [7, 11) is 0. The smallest absolute Gasteiger partial charge is 0.412 e. The van der Waals surface area contributed by atoms with Gasteiger partial charge in [0.2, 0.25) is 0 Å². The molecule has 1 rings (SSSR count). The largest absolute Gasteiger partial charge is 0.455 e. The molecule has 0 atom stereocenters. The van der Waals surface area contributed by atoms with Gasteiger partial charge in [0.1, 0.15) is 16.9 Å². The van der Waals surface area contributed by atoms with Crippen LogP contribution in [0.5, 0.6) is 0 Å². The van der Waals surface area contributed by atoms with Crippen molar-refractivity contribution in [2.45, 2.75) is 65.5 Å². The van der Waals surface area contributed by atoms with Crippen molar-refractivity contribution >= 4 is 12.1 Å². The fourth-order valence-electron chi connectivity index (χ4n) is 1.61. The third kappa shape index (κ3) is 8.56. The van der Waals surface area contributed by atoms with Gasteiger partial charge in [-0.25, -0.2) is 9.59 Å². The minimum Gasteiger partial charge on any atom is -0.455 e. The van der Waals surface area contributed by atoms with Gasteiger partial charge in [-0.15, -0.1) is 0 Å². The second-order valence-electron chi connectivity index (χ2n) is 7.06. The first-order chi connectivity index (χ1) is 10.9. The highest BCUT2D eigenvalue weighted by Gasteiger charge is 2.25. The van der Waals surface area contributed by atoms with E-state index in [-0.39, 0.29) is 18.2 Å². The molecular formula is C16H27NO6. The van der Waals surface area contributed by atoms with Gasteiger partial charge in [0.25, 0.3) is 0 Å². The number of carbonyl (C=O) groups excluding carboxylic acids is 2. The van der Waals surface area contributed by atoms with Crippen LogP contribution in [0.2, 0.25) is 0 Å². The van der Waals surface area contributed by atoms with Gasteiger partial charge in [-0.2, -0.15) is 0 Å². The lowest BCUT2D eigenvalue weighted by molar-refractivity contribution is -0.150. The quantitative estimate of drug-likeness (QED) is 0.630. The molecule has 1 aliphatic rings. The van der Waals surface area contributed by atoms with Crippen LogP contribution < -0.4 is 5.32 Å².